The van der Waals surface area contributed by atoms with Crippen molar-refractivity contribution < 1.29 is 18.6 Å². The molecule has 0 unspecified atom stereocenters. The fourth-order valence-electron chi connectivity index (χ4n) is 1.76. The Kier molecular flexibility index (Phi) is 3.76. The van der Waals surface area contributed by atoms with Crippen LogP contribution < -0.4 is 4.74 Å². The van der Waals surface area contributed by atoms with Crippen LogP contribution >= 0.6 is 0 Å². The van der Waals surface area contributed by atoms with Crippen molar-refractivity contribution in [2.75, 3.05) is 0 Å². The second kappa shape index (κ2) is 5.32. The molecule has 0 radical (unpaired) electrons. The second-order valence-electron chi connectivity index (χ2n) is 4.20. The van der Waals surface area contributed by atoms with E-state index in [1.807, 2.05) is 13.0 Å². The molecule has 19 heavy (non-hydrogen) atoms. The Morgan fingerprint density at radius 3 is 2.53 bits per heavy atom. The summed E-state index contributed by atoms with van der Waals surface area (Å²) in [6.07, 6.45) is 0. The highest BCUT2D eigenvalue weighted by molar-refractivity contribution is 5.38. The summed E-state index contributed by atoms with van der Waals surface area (Å²) in [5.74, 6) is -1.60. The fourth-order valence-corrected chi connectivity index (χ4v) is 1.76. The number of aliphatic hydroxyl groups is 1. The number of benzene rings is 1. The Bertz CT molecular complexity index is 615. The standard InChI is InChI=1S/C14H13F2NO2/c1-8-5-9(2)17-14(11(8)7-18)19-10-3-4-12(15)13(16)6-10/h3-6,18H,7H2,1-2H3. The number of aryl methyl sites for hydroxylation is 2. The first-order valence-corrected chi connectivity index (χ1v) is 5.72. The molecule has 0 saturated carbocycles. The van der Waals surface area contributed by atoms with Gasteiger partial charge in [-0.15, -0.1) is 0 Å². The zero-order valence-corrected chi connectivity index (χ0v) is 10.6. The molecule has 5 heteroatoms. The van der Waals surface area contributed by atoms with Crippen molar-refractivity contribution in [3.8, 4) is 11.6 Å². The first kappa shape index (κ1) is 13.4. The van der Waals surface area contributed by atoms with Gasteiger partial charge in [0.05, 0.1) is 6.61 Å². The van der Waals surface area contributed by atoms with Crippen LogP contribution in [0.1, 0.15) is 16.8 Å². The molecular weight excluding hydrogens is 252 g/mol. The summed E-state index contributed by atoms with van der Waals surface area (Å²) in [4.78, 5) is 4.15. The van der Waals surface area contributed by atoms with E-state index in [-0.39, 0.29) is 18.2 Å². The molecule has 2 aromatic rings. The predicted octanol–water partition coefficient (Wildman–Crippen LogP) is 3.26. The Balaban J connectivity index is 2.39. The molecule has 1 aromatic carbocycles. The van der Waals surface area contributed by atoms with Crippen LogP contribution in [0.4, 0.5) is 8.78 Å². The van der Waals surface area contributed by atoms with Crippen LogP contribution in [0.2, 0.25) is 0 Å². The van der Waals surface area contributed by atoms with Gasteiger partial charge < -0.3 is 9.84 Å². The Labute approximate surface area is 109 Å². The number of rotatable bonds is 3. The predicted molar refractivity (Wildman–Crippen MR) is 66.1 cm³/mol. The van der Waals surface area contributed by atoms with E-state index in [1.54, 1.807) is 6.92 Å². The van der Waals surface area contributed by atoms with Gasteiger partial charge in [-0.3, -0.25) is 0 Å². The van der Waals surface area contributed by atoms with E-state index in [0.29, 0.717) is 11.3 Å². The molecule has 0 aliphatic carbocycles. The maximum atomic E-state index is 13.1. The quantitative estimate of drug-likeness (QED) is 0.926. The van der Waals surface area contributed by atoms with Crippen molar-refractivity contribution in [1.82, 2.24) is 4.98 Å². The van der Waals surface area contributed by atoms with E-state index in [9.17, 15) is 13.9 Å². The molecule has 0 aliphatic rings. The topological polar surface area (TPSA) is 42.4 Å². The number of aromatic nitrogens is 1. The van der Waals surface area contributed by atoms with E-state index in [1.165, 1.54) is 6.07 Å². The number of hydrogen-bond donors (Lipinski definition) is 1. The van der Waals surface area contributed by atoms with Gasteiger partial charge in [-0.05, 0) is 37.6 Å². The largest absolute Gasteiger partial charge is 0.439 e. The van der Waals surface area contributed by atoms with Gasteiger partial charge in [-0.25, -0.2) is 13.8 Å². The first-order chi connectivity index (χ1) is 9.01. The summed E-state index contributed by atoms with van der Waals surface area (Å²) >= 11 is 0. The lowest BCUT2D eigenvalue weighted by Crippen LogP contribution is -2.00. The zero-order chi connectivity index (χ0) is 14.0. The van der Waals surface area contributed by atoms with Gasteiger partial charge in [0.1, 0.15) is 5.75 Å². The van der Waals surface area contributed by atoms with Crippen molar-refractivity contribution in [3.05, 3.63) is 52.7 Å². The fraction of sp³-hybridized carbons (Fsp3) is 0.214. The smallest absolute Gasteiger partial charge is 0.225 e. The minimum atomic E-state index is -0.993. The molecule has 1 N–H and O–H groups in total. The van der Waals surface area contributed by atoms with Crippen LogP contribution in [0.5, 0.6) is 11.6 Å². The maximum absolute atomic E-state index is 13.1. The van der Waals surface area contributed by atoms with Crippen molar-refractivity contribution >= 4 is 0 Å². The van der Waals surface area contributed by atoms with Crippen molar-refractivity contribution in [2.24, 2.45) is 0 Å². The summed E-state index contributed by atoms with van der Waals surface area (Å²) in [6, 6.07) is 5.03. The average molecular weight is 265 g/mol. The highest BCUT2D eigenvalue weighted by atomic mass is 19.2. The van der Waals surface area contributed by atoms with Gasteiger partial charge in [-0.2, -0.15) is 0 Å². The van der Waals surface area contributed by atoms with E-state index >= 15 is 0 Å². The molecule has 0 aliphatic heterocycles. The van der Waals surface area contributed by atoms with Crippen LogP contribution in [0, 0.1) is 25.5 Å². The minimum absolute atomic E-state index is 0.131. The molecule has 100 valence electrons. The Hall–Kier alpha value is -2.01. The van der Waals surface area contributed by atoms with Crippen LogP contribution in [0.15, 0.2) is 24.3 Å². The van der Waals surface area contributed by atoms with E-state index in [2.05, 4.69) is 4.98 Å². The third kappa shape index (κ3) is 2.88. The van der Waals surface area contributed by atoms with Gasteiger partial charge in [0.25, 0.3) is 0 Å². The Morgan fingerprint density at radius 1 is 1.16 bits per heavy atom. The highest BCUT2D eigenvalue weighted by Gasteiger charge is 2.11. The number of ether oxygens (including phenoxy) is 1. The summed E-state index contributed by atoms with van der Waals surface area (Å²) in [7, 11) is 0. The third-order valence-corrected chi connectivity index (χ3v) is 2.70. The highest BCUT2D eigenvalue weighted by Crippen LogP contribution is 2.27. The summed E-state index contributed by atoms with van der Waals surface area (Å²) in [5.41, 5.74) is 2.07. The minimum Gasteiger partial charge on any atom is -0.439 e. The number of pyridine rings is 1. The van der Waals surface area contributed by atoms with Gasteiger partial charge in [0.15, 0.2) is 11.6 Å². The number of nitrogens with zero attached hydrogens (tertiary/aromatic N) is 1. The van der Waals surface area contributed by atoms with Crippen LogP contribution in [-0.2, 0) is 6.61 Å². The molecule has 2 rings (SSSR count). The molecule has 0 fully saturated rings. The molecule has 1 aromatic heterocycles. The van der Waals surface area contributed by atoms with Gasteiger partial charge in [0, 0.05) is 17.3 Å². The van der Waals surface area contributed by atoms with Gasteiger partial charge in [-0.1, -0.05) is 0 Å². The Morgan fingerprint density at radius 2 is 1.89 bits per heavy atom. The van der Waals surface area contributed by atoms with Crippen LogP contribution in [0.3, 0.4) is 0 Å². The molecule has 0 bridgehead atoms. The van der Waals surface area contributed by atoms with Gasteiger partial charge >= 0.3 is 0 Å². The molecule has 3 nitrogen and oxygen atoms in total. The summed E-state index contributed by atoms with van der Waals surface area (Å²) < 4.78 is 31.3. The molecule has 0 saturated heterocycles. The summed E-state index contributed by atoms with van der Waals surface area (Å²) in [6.45, 7) is 3.36. The van der Waals surface area contributed by atoms with E-state index in [0.717, 1.165) is 17.7 Å². The number of hydrogen-bond acceptors (Lipinski definition) is 3. The molecule has 0 spiro atoms. The third-order valence-electron chi connectivity index (χ3n) is 2.70. The molecule has 0 amide bonds. The van der Waals surface area contributed by atoms with E-state index < -0.39 is 11.6 Å². The molecule has 1 heterocycles. The number of aliphatic hydroxyl groups excluding tert-OH is 1. The lowest BCUT2D eigenvalue weighted by Gasteiger charge is -2.12. The normalized spacial score (nSPS) is 10.6. The lowest BCUT2D eigenvalue weighted by molar-refractivity contribution is 0.274. The molecule has 0 atom stereocenters. The second-order valence-corrected chi connectivity index (χ2v) is 4.20. The van der Waals surface area contributed by atoms with Gasteiger partial charge in [0.2, 0.25) is 5.88 Å². The van der Waals surface area contributed by atoms with Crippen LogP contribution in [0.25, 0.3) is 0 Å². The van der Waals surface area contributed by atoms with Crippen molar-refractivity contribution in [2.45, 2.75) is 20.5 Å². The van der Waals surface area contributed by atoms with Crippen molar-refractivity contribution in [1.29, 1.82) is 0 Å². The van der Waals surface area contributed by atoms with E-state index in [4.69, 9.17) is 4.74 Å². The zero-order valence-electron chi connectivity index (χ0n) is 10.6. The monoisotopic (exact) mass is 265 g/mol. The average Bonchev–Trinajstić information content (AvgIpc) is 2.33. The summed E-state index contributed by atoms with van der Waals surface area (Å²) in [5, 5.41) is 9.31. The molecular formula is C14H13F2NO2. The maximum Gasteiger partial charge on any atom is 0.225 e. The van der Waals surface area contributed by atoms with Crippen LogP contribution in [-0.4, -0.2) is 10.1 Å². The van der Waals surface area contributed by atoms with Crippen molar-refractivity contribution in [3.63, 3.8) is 0 Å². The lowest BCUT2D eigenvalue weighted by atomic mass is 10.1. The SMILES string of the molecule is Cc1cc(C)c(CO)c(Oc2ccc(F)c(F)c2)n1. The first-order valence-electron chi connectivity index (χ1n) is 5.72. The number of halogens is 2.